The summed E-state index contributed by atoms with van der Waals surface area (Å²) in [6.07, 6.45) is 5.99. The lowest BCUT2D eigenvalue weighted by atomic mass is 9.97. The number of rotatable bonds is 5. The minimum absolute atomic E-state index is 0.0425. The van der Waals surface area contributed by atoms with Crippen molar-refractivity contribution in [3.63, 3.8) is 0 Å². The molecule has 2 heterocycles. The molecule has 2 N–H and O–H groups in total. The fraction of sp³-hybridized carbons (Fsp3) is 0.240. The molecule has 6 nitrogen and oxygen atoms in total. The van der Waals surface area contributed by atoms with E-state index in [1.165, 1.54) is 11.1 Å². The molecule has 31 heavy (non-hydrogen) atoms. The molecule has 0 radical (unpaired) electrons. The zero-order valence-electron chi connectivity index (χ0n) is 17.3. The molecule has 0 saturated carbocycles. The molecule has 3 aromatic rings. The van der Waals surface area contributed by atoms with Gasteiger partial charge in [-0.3, -0.25) is 9.78 Å². The van der Waals surface area contributed by atoms with E-state index in [1.807, 2.05) is 66.7 Å². The predicted octanol–water partition coefficient (Wildman–Crippen LogP) is 4.56. The van der Waals surface area contributed by atoms with Crippen LogP contribution in [0.5, 0.6) is 0 Å². The standard InChI is InChI=1S/C25H26N4O2/c30-24(27-23-10-8-19(9-11-23)17-20-12-14-26-15-13-20)21-5-4-16-29(18-21)25(31)28-22-6-2-1-3-7-22/h1-3,6-15,21H,4-5,16-18H2,(H,27,30)(H,28,31). The smallest absolute Gasteiger partial charge is 0.321 e. The van der Waals surface area contributed by atoms with Gasteiger partial charge >= 0.3 is 6.03 Å². The van der Waals surface area contributed by atoms with Crippen LogP contribution in [-0.2, 0) is 11.2 Å². The van der Waals surface area contributed by atoms with E-state index < -0.39 is 0 Å². The molecule has 2 aromatic carbocycles. The average Bonchev–Trinajstić information content (AvgIpc) is 2.82. The maximum atomic E-state index is 12.8. The molecule has 1 atom stereocenters. The van der Waals surface area contributed by atoms with Crippen molar-refractivity contribution >= 4 is 23.3 Å². The Labute approximate surface area is 182 Å². The van der Waals surface area contributed by atoms with Crippen molar-refractivity contribution in [2.24, 2.45) is 5.92 Å². The molecule has 1 saturated heterocycles. The lowest BCUT2D eigenvalue weighted by molar-refractivity contribution is -0.121. The van der Waals surface area contributed by atoms with Gasteiger partial charge < -0.3 is 15.5 Å². The highest BCUT2D eigenvalue weighted by molar-refractivity contribution is 5.94. The number of likely N-dealkylation sites (tertiary alicyclic amines) is 1. The van der Waals surface area contributed by atoms with E-state index in [0.717, 1.165) is 30.6 Å². The monoisotopic (exact) mass is 414 g/mol. The van der Waals surface area contributed by atoms with Crippen LogP contribution in [-0.4, -0.2) is 34.9 Å². The summed E-state index contributed by atoms with van der Waals surface area (Å²) >= 11 is 0. The average molecular weight is 415 g/mol. The third-order valence-electron chi connectivity index (χ3n) is 5.48. The number of piperidine rings is 1. The summed E-state index contributed by atoms with van der Waals surface area (Å²) in [5, 5.41) is 5.90. The van der Waals surface area contributed by atoms with Gasteiger partial charge in [0.2, 0.25) is 5.91 Å². The van der Waals surface area contributed by atoms with Crippen molar-refractivity contribution in [2.45, 2.75) is 19.3 Å². The van der Waals surface area contributed by atoms with Crippen molar-refractivity contribution in [3.8, 4) is 0 Å². The number of aromatic nitrogens is 1. The minimum atomic E-state index is -0.216. The Morgan fingerprint density at radius 1 is 0.871 bits per heavy atom. The van der Waals surface area contributed by atoms with Crippen molar-refractivity contribution < 1.29 is 9.59 Å². The lowest BCUT2D eigenvalue weighted by Crippen LogP contribution is -2.45. The molecule has 1 aromatic heterocycles. The highest BCUT2D eigenvalue weighted by Crippen LogP contribution is 2.21. The number of amides is 3. The van der Waals surface area contributed by atoms with Crippen molar-refractivity contribution in [3.05, 3.63) is 90.3 Å². The number of benzene rings is 2. The Hall–Kier alpha value is -3.67. The van der Waals surface area contributed by atoms with Crippen LogP contribution in [0.4, 0.5) is 16.2 Å². The molecular weight excluding hydrogens is 388 g/mol. The topological polar surface area (TPSA) is 74.3 Å². The van der Waals surface area contributed by atoms with Gasteiger partial charge in [0, 0.05) is 36.9 Å². The molecule has 6 heteroatoms. The third-order valence-corrected chi connectivity index (χ3v) is 5.48. The molecule has 0 spiro atoms. The number of hydrogen-bond donors (Lipinski definition) is 2. The van der Waals surface area contributed by atoms with E-state index >= 15 is 0 Å². The number of pyridine rings is 1. The summed E-state index contributed by atoms with van der Waals surface area (Å²) in [5.41, 5.74) is 3.90. The van der Waals surface area contributed by atoms with Gasteiger partial charge in [-0.2, -0.15) is 0 Å². The van der Waals surface area contributed by atoms with Gasteiger partial charge in [0.15, 0.2) is 0 Å². The summed E-state index contributed by atoms with van der Waals surface area (Å²) in [4.78, 5) is 31.1. The Balaban J connectivity index is 1.31. The lowest BCUT2D eigenvalue weighted by Gasteiger charge is -2.32. The van der Waals surface area contributed by atoms with Crippen LogP contribution in [0.25, 0.3) is 0 Å². The molecule has 1 fully saturated rings. The molecule has 158 valence electrons. The van der Waals surface area contributed by atoms with Crippen LogP contribution < -0.4 is 10.6 Å². The maximum Gasteiger partial charge on any atom is 0.321 e. The van der Waals surface area contributed by atoms with Crippen LogP contribution in [0.15, 0.2) is 79.1 Å². The van der Waals surface area contributed by atoms with Crippen LogP contribution in [0.2, 0.25) is 0 Å². The number of carbonyl (C=O) groups excluding carboxylic acids is 2. The van der Waals surface area contributed by atoms with Gasteiger partial charge in [0.1, 0.15) is 0 Å². The Bertz CT molecular complexity index is 1010. The first-order valence-electron chi connectivity index (χ1n) is 10.6. The maximum absolute atomic E-state index is 12.8. The number of carbonyl (C=O) groups is 2. The number of hydrogen-bond acceptors (Lipinski definition) is 3. The summed E-state index contributed by atoms with van der Waals surface area (Å²) in [6, 6.07) is 21.1. The number of urea groups is 1. The number of anilines is 2. The molecule has 0 bridgehead atoms. The predicted molar refractivity (Wildman–Crippen MR) is 122 cm³/mol. The van der Waals surface area contributed by atoms with Gasteiger partial charge in [-0.25, -0.2) is 4.79 Å². The zero-order valence-corrected chi connectivity index (χ0v) is 17.3. The molecule has 1 aliphatic heterocycles. The van der Waals surface area contributed by atoms with E-state index in [9.17, 15) is 9.59 Å². The fourth-order valence-electron chi connectivity index (χ4n) is 3.79. The summed E-state index contributed by atoms with van der Waals surface area (Å²) < 4.78 is 0. The van der Waals surface area contributed by atoms with E-state index in [-0.39, 0.29) is 17.9 Å². The summed E-state index contributed by atoms with van der Waals surface area (Å²) in [5.74, 6) is -0.258. The van der Waals surface area contributed by atoms with E-state index in [0.29, 0.717) is 13.1 Å². The number of nitrogens with zero attached hydrogens (tertiary/aromatic N) is 2. The molecule has 3 amide bonds. The zero-order chi connectivity index (χ0) is 21.5. The Kier molecular flexibility index (Phi) is 6.57. The Morgan fingerprint density at radius 2 is 1.55 bits per heavy atom. The largest absolute Gasteiger partial charge is 0.326 e. The van der Waals surface area contributed by atoms with Gasteiger partial charge in [-0.05, 0) is 66.8 Å². The van der Waals surface area contributed by atoms with Crippen LogP contribution in [0.3, 0.4) is 0 Å². The second-order valence-corrected chi connectivity index (χ2v) is 7.80. The number of para-hydroxylation sites is 1. The number of nitrogens with one attached hydrogen (secondary N) is 2. The first-order chi connectivity index (χ1) is 15.2. The Morgan fingerprint density at radius 3 is 2.29 bits per heavy atom. The van der Waals surface area contributed by atoms with Crippen LogP contribution >= 0.6 is 0 Å². The summed E-state index contributed by atoms with van der Waals surface area (Å²) in [6.45, 7) is 1.08. The van der Waals surface area contributed by atoms with E-state index in [4.69, 9.17) is 0 Å². The van der Waals surface area contributed by atoms with Crippen molar-refractivity contribution in [1.29, 1.82) is 0 Å². The van der Waals surface area contributed by atoms with E-state index in [1.54, 1.807) is 17.3 Å². The van der Waals surface area contributed by atoms with Crippen LogP contribution in [0, 0.1) is 5.92 Å². The fourth-order valence-corrected chi connectivity index (χ4v) is 3.79. The highest BCUT2D eigenvalue weighted by atomic mass is 16.2. The molecule has 1 aliphatic rings. The second-order valence-electron chi connectivity index (χ2n) is 7.80. The molecule has 4 rings (SSSR count). The van der Waals surface area contributed by atoms with Gasteiger partial charge in [0.05, 0.1) is 5.92 Å². The van der Waals surface area contributed by atoms with Gasteiger partial charge in [0.25, 0.3) is 0 Å². The molecular formula is C25H26N4O2. The SMILES string of the molecule is O=C(Nc1ccc(Cc2ccncc2)cc1)C1CCCN(C(=O)Nc2ccccc2)C1. The molecule has 1 unspecified atom stereocenters. The van der Waals surface area contributed by atoms with E-state index in [2.05, 4.69) is 15.6 Å². The van der Waals surface area contributed by atoms with Crippen molar-refractivity contribution in [1.82, 2.24) is 9.88 Å². The van der Waals surface area contributed by atoms with Gasteiger partial charge in [-0.15, -0.1) is 0 Å². The molecule has 0 aliphatic carbocycles. The second kappa shape index (κ2) is 9.89. The van der Waals surface area contributed by atoms with Gasteiger partial charge in [-0.1, -0.05) is 30.3 Å². The highest BCUT2D eigenvalue weighted by Gasteiger charge is 2.28. The van der Waals surface area contributed by atoms with Crippen molar-refractivity contribution in [2.75, 3.05) is 23.7 Å². The third kappa shape index (κ3) is 5.69. The first kappa shape index (κ1) is 20.6. The quantitative estimate of drug-likeness (QED) is 0.643. The minimum Gasteiger partial charge on any atom is -0.326 e. The normalized spacial score (nSPS) is 15.9. The first-order valence-corrected chi connectivity index (χ1v) is 10.6. The van der Waals surface area contributed by atoms with Crippen LogP contribution in [0.1, 0.15) is 24.0 Å². The summed E-state index contributed by atoms with van der Waals surface area (Å²) in [7, 11) is 0.